The highest BCUT2D eigenvalue weighted by atomic mass is 19.4. The minimum Gasteiger partial charge on any atom is -0.497 e. The van der Waals surface area contributed by atoms with Crippen LogP contribution in [0.5, 0.6) is 5.75 Å². The number of benzene rings is 3. The van der Waals surface area contributed by atoms with Gasteiger partial charge in [-0.2, -0.15) is 13.2 Å². The molecule has 5 nitrogen and oxygen atoms in total. The lowest BCUT2D eigenvalue weighted by atomic mass is 10.0. The molecule has 176 valence electrons. The minimum absolute atomic E-state index is 0.0245. The van der Waals surface area contributed by atoms with Crippen molar-refractivity contribution in [2.75, 3.05) is 13.7 Å². The van der Waals surface area contributed by atoms with Gasteiger partial charge in [0.25, 0.3) is 0 Å². The zero-order valence-corrected chi connectivity index (χ0v) is 18.5. The molecule has 0 heterocycles. The molecule has 0 saturated carbocycles. The van der Waals surface area contributed by atoms with Gasteiger partial charge in [-0.3, -0.25) is 0 Å². The van der Waals surface area contributed by atoms with Gasteiger partial charge in [0.1, 0.15) is 5.75 Å². The Labute approximate surface area is 195 Å². The fourth-order valence-electron chi connectivity index (χ4n) is 2.91. The molecule has 0 aliphatic heterocycles. The Morgan fingerprint density at radius 3 is 2.09 bits per heavy atom. The van der Waals surface area contributed by atoms with Crippen LogP contribution in [0.1, 0.15) is 12.5 Å². The molecular weight excluding hydrogens is 447 g/mol. The highest BCUT2D eigenvalue weighted by molar-refractivity contribution is 5.96. The van der Waals surface area contributed by atoms with Gasteiger partial charge in [-0.15, -0.1) is 0 Å². The van der Waals surface area contributed by atoms with E-state index in [0.29, 0.717) is 11.3 Å². The van der Waals surface area contributed by atoms with Crippen LogP contribution in [0.2, 0.25) is 0 Å². The fraction of sp³-hybridized carbons (Fsp3) is 0.154. The summed E-state index contributed by atoms with van der Waals surface area (Å²) in [6.07, 6.45) is -3.77. The summed E-state index contributed by atoms with van der Waals surface area (Å²) in [6, 6.07) is 22.1. The molecule has 8 heteroatoms. The Hall–Kier alpha value is -4.07. The quantitative estimate of drug-likeness (QED) is 0.129. The van der Waals surface area contributed by atoms with Crippen LogP contribution in [0.15, 0.2) is 89.6 Å². The van der Waals surface area contributed by atoms with Crippen molar-refractivity contribution in [3.05, 3.63) is 90.2 Å². The van der Waals surface area contributed by atoms with Gasteiger partial charge in [0, 0.05) is 0 Å². The van der Waals surface area contributed by atoms with Crippen molar-refractivity contribution >= 4 is 23.6 Å². The summed E-state index contributed by atoms with van der Waals surface area (Å²) in [7, 11) is 1.44. The van der Waals surface area contributed by atoms with E-state index >= 15 is 0 Å². The second-order valence-electron chi connectivity index (χ2n) is 6.93. The number of aliphatic imine (C=N–C) groups is 1. The molecule has 0 radical (unpaired) electrons. The number of ether oxygens (including phenoxy) is 3. The maximum absolute atomic E-state index is 13.7. The largest absolute Gasteiger partial charge is 0.497 e. The number of alkyl halides is 3. The number of carbonyl (C=O) groups excluding carboxylic acids is 1. The first-order valence-electron chi connectivity index (χ1n) is 10.3. The maximum atomic E-state index is 13.7. The summed E-state index contributed by atoms with van der Waals surface area (Å²) < 4.78 is 55.9. The van der Waals surface area contributed by atoms with Gasteiger partial charge >= 0.3 is 18.0 Å². The van der Waals surface area contributed by atoms with Gasteiger partial charge in [0.2, 0.25) is 5.76 Å². The average Bonchev–Trinajstić information content (AvgIpc) is 2.84. The summed E-state index contributed by atoms with van der Waals surface area (Å²) >= 11 is 0. The lowest BCUT2D eigenvalue weighted by molar-refractivity contribution is -0.141. The molecular formula is C26H22F3NO4. The number of nitrogens with zero attached hydrogens (tertiary/aromatic N) is 1. The van der Waals surface area contributed by atoms with E-state index in [1.54, 1.807) is 31.2 Å². The SMILES string of the molecule is CCOC(=O)/C(=C/c1ccc(-c2ccccc2)cc1)OC(=Nc1ccc(OC)cc1)C(F)(F)F. The van der Waals surface area contributed by atoms with Crippen molar-refractivity contribution in [1.82, 2.24) is 0 Å². The average molecular weight is 469 g/mol. The van der Waals surface area contributed by atoms with Crippen LogP contribution in [0.3, 0.4) is 0 Å². The molecule has 34 heavy (non-hydrogen) atoms. The summed E-state index contributed by atoms with van der Waals surface area (Å²) in [5.41, 5.74) is 2.32. The van der Waals surface area contributed by atoms with Gasteiger partial charge in [-0.1, -0.05) is 54.6 Å². The maximum Gasteiger partial charge on any atom is 0.468 e. The molecule has 0 aliphatic rings. The third-order valence-corrected chi connectivity index (χ3v) is 4.54. The van der Waals surface area contributed by atoms with E-state index < -0.39 is 23.8 Å². The first-order valence-corrected chi connectivity index (χ1v) is 10.3. The standard InChI is InChI=1S/C26H22F3NO4/c1-3-33-24(31)23(17-18-9-11-20(12-10-18)19-7-5-4-6-8-19)34-25(26(27,28)29)30-21-13-15-22(32-2)16-14-21/h4-17H,3H2,1-2H3/b23-17-,30-25?. The predicted octanol–water partition coefficient (Wildman–Crippen LogP) is 6.58. The first kappa shape index (κ1) is 24.6. The Bertz CT molecular complexity index is 1150. The molecule has 0 atom stereocenters. The monoisotopic (exact) mass is 469 g/mol. The number of halogens is 3. The van der Waals surface area contributed by atoms with Gasteiger partial charge < -0.3 is 14.2 Å². The number of methoxy groups -OCH3 is 1. The second kappa shape index (κ2) is 11.2. The predicted molar refractivity (Wildman–Crippen MR) is 124 cm³/mol. The minimum atomic E-state index is -4.96. The molecule has 0 fully saturated rings. The number of hydrogen-bond acceptors (Lipinski definition) is 5. The van der Waals surface area contributed by atoms with Crippen LogP contribution < -0.4 is 4.74 Å². The molecule has 0 N–H and O–H groups in total. The number of esters is 1. The number of carbonyl (C=O) groups is 1. The molecule has 0 spiro atoms. The third-order valence-electron chi connectivity index (χ3n) is 4.54. The highest BCUT2D eigenvalue weighted by Crippen LogP contribution is 2.27. The van der Waals surface area contributed by atoms with Crippen LogP contribution in [-0.4, -0.2) is 31.8 Å². The van der Waals surface area contributed by atoms with Gasteiger partial charge in [-0.05, 0) is 54.0 Å². The van der Waals surface area contributed by atoms with E-state index in [9.17, 15) is 18.0 Å². The van der Waals surface area contributed by atoms with Crippen molar-refractivity contribution in [2.24, 2.45) is 4.99 Å². The first-order chi connectivity index (χ1) is 16.3. The molecule has 0 amide bonds. The van der Waals surface area contributed by atoms with Crippen LogP contribution in [0.25, 0.3) is 17.2 Å². The summed E-state index contributed by atoms with van der Waals surface area (Å²) in [6.45, 7) is 1.50. The Balaban J connectivity index is 1.94. The lowest BCUT2D eigenvalue weighted by Gasteiger charge is -2.14. The summed E-state index contributed by atoms with van der Waals surface area (Å²) in [4.78, 5) is 15.9. The molecule has 3 aromatic carbocycles. The van der Waals surface area contributed by atoms with Crippen molar-refractivity contribution in [2.45, 2.75) is 13.1 Å². The fourth-order valence-corrected chi connectivity index (χ4v) is 2.91. The van der Waals surface area contributed by atoms with Crippen LogP contribution in [-0.2, 0) is 14.3 Å². The van der Waals surface area contributed by atoms with E-state index in [1.807, 2.05) is 30.3 Å². The molecule has 0 aromatic heterocycles. The van der Waals surface area contributed by atoms with Crippen molar-refractivity contribution in [3.8, 4) is 16.9 Å². The zero-order chi connectivity index (χ0) is 24.6. The highest BCUT2D eigenvalue weighted by Gasteiger charge is 2.40. The Kier molecular flexibility index (Phi) is 8.08. The normalized spacial score (nSPS) is 12.3. The van der Waals surface area contributed by atoms with E-state index in [4.69, 9.17) is 14.2 Å². The van der Waals surface area contributed by atoms with Crippen LogP contribution in [0, 0.1) is 0 Å². The topological polar surface area (TPSA) is 57.1 Å². The van der Waals surface area contributed by atoms with E-state index in [1.165, 1.54) is 37.5 Å². The van der Waals surface area contributed by atoms with E-state index in [-0.39, 0.29) is 12.3 Å². The number of hydrogen-bond donors (Lipinski definition) is 0. The van der Waals surface area contributed by atoms with Crippen molar-refractivity contribution in [1.29, 1.82) is 0 Å². The van der Waals surface area contributed by atoms with Gasteiger partial charge in [0.15, 0.2) is 0 Å². The Morgan fingerprint density at radius 2 is 1.53 bits per heavy atom. The van der Waals surface area contributed by atoms with Crippen LogP contribution in [0.4, 0.5) is 18.9 Å². The van der Waals surface area contributed by atoms with E-state index in [2.05, 4.69) is 4.99 Å². The lowest BCUT2D eigenvalue weighted by Crippen LogP contribution is -2.27. The third kappa shape index (κ3) is 6.71. The van der Waals surface area contributed by atoms with Gasteiger partial charge in [0.05, 0.1) is 19.4 Å². The van der Waals surface area contributed by atoms with Crippen LogP contribution >= 0.6 is 0 Å². The van der Waals surface area contributed by atoms with Crippen molar-refractivity contribution < 1.29 is 32.2 Å². The molecule has 0 saturated heterocycles. The Morgan fingerprint density at radius 1 is 0.912 bits per heavy atom. The summed E-state index contributed by atoms with van der Waals surface area (Å²) in [5, 5.41) is 0. The van der Waals surface area contributed by atoms with Gasteiger partial charge in [-0.25, -0.2) is 9.79 Å². The molecule has 0 unspecified atom stereocenters. The molecule has 3 rings (SSSR count). The molecule has 0 bridgehead atoms. The smallest absolute Gasteiger partial charge is 0.468 e. The van der Waals surface area contributed by atoms with E-state index in [0.717, 1.165) is 11.1 Å². The summed E-state index contributed by atoms with van der Waals surface area (Å²) in [5.74, 6) is -2.82. The second-order valence-corrected chi connectivity index (χ2v) is 6.93. The number of rotatable bonds is 7. The zero-order valence-electron chi connectivity index (χ0n) is 18.5. The molecule has 0 aliphatic carbocycles. The molecule has 3 aromatic rings. The van der Waals surface area contributed by atoms with Crippen molar-refractivity contribution in [3.63, 3.8) is 0 Å².